The Balaban J connectivity index is 1.92. The summed E-state index contributed by atoms with van der Waals surface area (Å²) in [6, 6.07) is 0.564. The second-order valence-corrected chi connectivity index (χ2v) is 8.26. The van der Waals surface area contributed by atoms with Gasteiger partial charge < -0.3 is 14.0 Å². The van der Waals surface area contributed by atoms with E-state index in [1.807, 2.05) is 6.92 Å². The maximum atomic E-state index is 14.4. The molecule has 1 aliphatic rings. The Hall–Kier alpha value is -1.65. The number of alkyl halides is 1. The lowest BCUT2D eigenvalue weighted by atomic mass is 10.2. The highest BCUT2D eigenvalue weighted by molar-refractivity contribution is 7.48. The summed E-state index contributed by atoms with van der Waals surface area (Å²) in [5, 5.41) is 6.07. The van der Waals surface area contributed by atoms with E-state index in [0.29, 0.717) is 6.54 Å². The molecule has 1 saturated heterocycles. The number of esters is 1. The quantitative estimate of drug-likeness (QED) is 0.367. The van der Waals surface area contributed by atoms with E-state index < -0.39 is 50.2 Å². The van der Waals surface area contributed by atoms with Crippen molar-refractivity contribution in [1.82, 2.24) is 19.7 Å². The fourth-order valence-electron chi connectivity index (χ4n) is 2.65. The highest BCUT2D eigenvalue weighted by atomic mass is 31.2. The fourth-order valence-corrected chi connectivity index (χ4v) is 3.94. The van der Waals surface area contributed by atoms with Gasteiger partial charge in [0.1, 0.15) is 24.5 Å². The normalized spacial score (nSPS) is 23.9. The van der Waals surface area contributed by atoms with E-state index in [2.05, 4.69) is 15.2 Å². The molecular formula is C17H28FN4O6P. The van der Waals surface area contributed by atoms with Crippen LogP contribution in [0.1, 0.15) is 40.3 Å². The number of nitrogens with zero attached hydrogens (tertiary/aromatic N) is 1. The minimum Gasteiger partial charge on any atom is -0.462 e. The molecule has 0 aromatic carbocycles. The molecule has 5 atom stereocenters. The summed E-state index contributed by atoms with van der Waals surface area (Å²) in [6.07, 6.45) is -2.06. The smallest absolute Gasteiger partial charge is 0.330 e. The Morgan fingerprint density at radius 3 is 2.79 bits per heavy atom. The van der Waals surface area contributed by atoms with Crippen molar-refractivity contribution in [2.45, 2.75) is 64.8 Å². The van der Waals surface area contributed by atoms with Gasteiger partial charge in [0.15, 0.2) is 8.45 Å². The molecule has 0 spiro atoms. The van der Waals surface area contributed by atoms with Crippen LogP contribution in [0.2, 0.25) is 0 Å². The summed E-state index contributed by atoms with van der Waals surface area (Å²) in [5.74, 6) is -0.410. The summed E-state index contributed by atoms with van der Waals surface area (Å²) >= 11 is 0. The average Bonchev–Trinajstić information content (AvgIpc) is 2.99. The zero-order valence-electron chi connectivity index (χ0n) is 16.9. The summed E-state index contributed by atoms with van der Waals surface area (Å²) in [7, 11) is -1.44. The summed E-state index contributed by atoms with van der Waals surface area (Å²) in [5.41, 5.74) is -1.20. The third-order valence-corrected chi connectivity index (χ3v) is 5.64. The van der Waals surface area contributed by atoms with Crippen LogP contribution in [0.15, 0.2) is 21.9 Å². The lowest BCUT2D eigenvalue weighted by Gasteiger charge is -2.24. The Morgan fingerprint density at radius 1 is 1.45 bits per heavy atom. The minimum atomic E-state index is -1.44. The van der Waals surface area contributed by atoms with Gasteiger partial charge >= 0.3 is 11.7 Å². The number of ether oxygens (including phenoxy) is 2. The number of hydrogen-bond donors (Lipinski definition) is 3. The standard InChI is InChI=1S/C17H28FN4O6P/c1-5-19-29(21-11(4)16(24)27-10(2)3)26-9-13-12(18)8-15(28-13)22-7-6-14(23)20-17(22)25/h6-7,10-13,15,19,21H,5,8-9H2,1-4H3,(H,20,23,25). The van der Waals surface area contributed by atoms with Crippen LogP contribution in [0.3, 0.4) is 0 Å². The van der Waals surface area contributed by atoms with Crippen LogP contribution in [-0.4, -0.2) is 53.1 Å². The minimum absolute atomic E-state index is 0.0380. The van der Waals surface area contributed by atoms with Gasteiger partial charge in [-0.3, -0.25) is 24.2 Å². The first-order chi connectivity index (χ1) is 13.7. The first kappa shape index (κ1) is 23.6. The number of aromatic nitrogens is 2. The van der Waals surface area contributed by atoms with Crippen LogP contribution in [0, 0.1) is 0 Å². The molecule has 10 nitrogen and oxygen atoms in total. The molecule has 2 rings (SSSR count). The highest BCUT2D eigenvalue weighted by Gasteiger charge is 2.37. The van der Waals surface area contributed by atoms with E-state index in [1.165, 1.54) is 12.3 Å². The molecule has 1 fully saturated rings. The van der Waals surface area contributed by atoms with Crippen molar-refractivity contribution in [3.05, 3.63) is 33.1 Å². The number of nitrogens with one attached hydrogen (secondary N) is 3. The largest absolute Gasteiger partial charge is 0.462 e. The number of carbonyl (C=O) groups is 1. The van der Waals surface area contributed by atoms with Crippen molar-refractivity contribution in [3.8, 4) is 0 Å². The maximum absolute atomic E-state index is 14.4. The molecule has 0 bridgehead atoms. The number of hydrogen-bond acceptors (Lipinski definition) is 8. The molecule has 0 saturated carbocycles. The molecule has 1 aromatic heterocycles. The number of aromatic amines is 1. The second-order valence-electron chi connectivity index (χ2n) is 6.84. The van der Waals surface area contributed by atoms with Gasteiger partial charge in [0.25, 0.3) is 5.56 Å². The van der Waals surface area contributed by atoms with Crippen molar-refractivity contribution >= 4 is 14.4 Å². The maximum Gasteiger partial charge on any atom is 0.330 e. The Kier molecular flexibility index (Phi) is 8.91. The van der Waals surface area contributed by atoms with Gasteiger partial charge in [-0.25, -0.2) is 14.3 Å². The van der Waals surface area contributed by atoms with E-state index in [0.717, 1.165) is 4.57 Å². The molecule has 164 valence electrons. The van der Waals surface area contributed by atoms with E-state index in [4.69, 9.17) is 14.0 Å². The van der Waals surface area contributed by atoms with Gasteiger partial charge in [-0.2, -0.15) is 0 Å². The van der Waals surface area contributed by atoms with Gasteiger partial charge in [-0.1, -0.05) is 6.92 Å². The summed E-state index contributed by atoms with van der Waals surface area (Å²) in [6.45, 7) is 7.55. The predicted octanol–water partition coefficient (Wildman–Crippen LogP) is 0.945. The Bertz CT molecular complexity index is 788. The lowest BCUT2D eigenvalue weighted by molar-refractivity contribution is -0.148. The molecule has 1 aliphatic heterocycles. The number of halogens is 1. The molecule has 1 aromatic rings. The van der Waals surface area contributed by atoms with Crippen LogP contribution in [-0.2, 0) is 18.8 Å². The van der Waals surface area contributed by atoms with Crippen LogP contribution in [0.25, 0.3) is 0 Å². The number of rotatable bonds is 10. The van der Waals surface area contributed by atoms with Crippen LogP contribution >= 0.6 is 8.45 Å². The molecule has 0 amide bonds. The topological polar surface area (TPSA) is 124 Å². The van der Waals surface area contributed by atoms with E-state index in [-0.39, 0.29) is 19.1 Å². The molecule has 2 heterocycles. The van der Waals surface area contributed by atoms with E-state index in [1.54, 1.807) is 20.8 Å². The molecule has 12 heteroatoms. The molecule has 0 aliphatic carbocycles. The predicted molar refractivity (Wildman–Crippen MR) is 105 cm³/mol. The molecule has 3 N–H and O–H groups in total. The molecule has 0 radical (unpaired) electrons. The second kappa shape index (κ2) is 10.9. The summed E-state index contributed by atoms with van der Waals surface area (Å²) in [4.78, 5) is 37.1. The van der Waals surface area contributed by atoms with Crippen molar-refractivity contribution in [2.75, 3.05) is 13.2 Å². The van der Waals surface area contributed by atoms with Gasteiger partial charge in [-0.05, 0) is 27.3 Å². The van der Waals surface area contributed by atoms with Gasteiger partial charge in [0, 0.05) is 18.7 Å². The van der Waals surface area contributed by atoms with Crippen LogP contribution in [0.5, 0.6) is 0 Å². The molecular weight excluding hydrogens is 406 g/mol. The van der Waals surface area contributed by atoms with E-state index >= 15 is 0 Å². The summed E-state index contributed by atoms with van der Waals surface area (Å²) < 4.78 is 32.0. The first-order valence-corrected chi connectivity index (χ1v) is 10.7. The lowest BCUT2D eigenvalue weighted by Crippen LogP contribution is -2.37. The van der Waals surface area contributed by atoms with Crippen LogP contribution in [0.4, 0.5) is 4.39 Å². The zero-order valence-corrected chi connectivity index (χ0v) is 17.8. The van der Waals surface area contributed by atoms with Gasteiger partial charge in [-0.15, -0.1) is 0 Å². The van der Waals surface area contributed by atoms with Crippen LogP contribution < -0.4 is 21.4 Å². The third-order valence-electron chi connectivity index (χ3n) is 4.01. The molecule has 29 heavy (non-hydrogen) atoms. The van der Waals surface area contributed by atoms with E-state index in [9.17, 15) is 18.8 Å². The molecule has 5 unspecified atom stereocenters. The van der Waals surface area contributed by atoms with Gasteiger partial charge in [0.2, 0.25) is 0 Å². The van der Waals surface area contributed by atoms with Crippen molar-refractivity contribution in [1.29, 1.82) is 0 Å². The van der Waals surface area contributed by atoms with Crippen molar-refractivity contribution in [2.24, 2.45) is 0 Å². The van der Waals surface area contributed by atoms with Crippen molar-refractivity contribution < 1.29 is 23.2 Å². The van der Waals surface area contributed by atoms with Crippen molar-refractivity contribution in [3.63, 3.8) is 0 Å². The zero-order chi connectivity index (χ0) is 21.6. The number of H-pyrrole nitrogens is 1. The number of carbonyl (C=O) groups excluding carboxylic acids is 1. The Labute approximate surface area is 169 Å². The fraction of sp³-hybridized carbons (Fsp3) is 0.706. The Morgan fingerprint density at radius 2 is 2.17 bits per heavy atom. The van der Waals surface area contributed by atoms with Gasteiger partial charge in [0.05, 0.1) is 12.7 Å². The monoisotopic (exact) mass is 434 g/mol. The highest BCUT2D eigenvalue weighted by Crippen LogP contribution is 2.34. The SMILES string of the molecule is CCNP(NC(C)C(=O)OC(C)C)OCC1OC(n2ccc(=O)[nH]c2=O)CC1F. The third kappa shape index (κ3) is 6.97. The first-order valence-electron chi connectivity index (χ1n) is 9.45. The average molecular weight is 434 g/mol.